The maximum atomic E-state index is 3.43. The van der Waals surface area contributed by atoms with E-state index in [4.69, 9.17) is 0 Å². The number of nitrogens with one attached hydrogen (secondary N) is 1. The largest absolute Gasteiger partial charge is 0.383 e. The van der Waals surface area contributed by atoms with E-state index < -0.39 is 0 Å². The molecular weight excluding hydrogens is 286 g/mol. The highest BCUT2D eigenvalue weighted by Gasteiger charge is 2.20. The minimum absolute atomic E-state index is 0.183. The van der Waals surface area contributed by atoms with Crippen LogP contribution in [0.4, 0.5) is 5.69 Å². The first-order valence-corrected chi connectivity index (χ1v) is 8.77. The lowest BCUT2D eigenvalue weighted by Gasteiger charge is -2.24. The van der Waals surface area contributed by atoms with Crippen molar-refractivity contribution in [3.63, 3.8) is 0 Å². The zero-order chi connectivity index (χ0) is 16.2. The van der Waals surface area contributed by atoms with Crippen LogP contribution in [0, 0.1) is 6.92 Å². The average molecular weight is 314 g/mol. The number of thioether (sulfide) groups is 1. The van der Waals surface area contributed by atoms with Gasteiger partial charge in [0.15, 0.2) is 0 Å². The number of aryl methyl sites for hydroxylation is 1. The Balaban J connectivity index is 2.00. The van der Waals surface area contributed by atoms with Gasteiger partial charge < -0.3 is 5.32 Å². The van der Waals surface area contributed by atoms with Crippen molar-refractivity contribution in [2.24, 2.45) is 0 Å². The maximum Gasteiger partial charge on any atom is 0.0342 e. The maximum absolute atomic E-state index is 3.43. The quantitative estimate of drug-likeness (QED) is 0.663. The first-order chi connectivity index (χ1) is 10.3. The van der Waals surface area contributed by atoms with Crippen LogP contribution in [0.1, 0.15) is 38.8 Å². The topological polar surface area (TPSA) is 12.0 Å². The van der Waals surface area contributed by atoms with E-state index in [-0.39, 0.29) is 4.75 Å². The number of hydrogen-bond donors (Lipinski definition) is 1. The van der Waals surface area contributed by atoms with Crippen LogP contribution in [0.25, 0.3) is 0 Å². The normalized spacial score (nSPS) is 11.7. The smallest absolute Gasteiger partial charge is 0.0342 e. The van der Waals surface area contributed by atoms with E-state index in [2.05, 4.69) is 88.5 Å². The molecule has 0 aliphatic carbocycles. The van der Waals surface area contributed by atoms with Crippen LogP contribution in [0.15, 0.2) is 53.4 Å². The second kappa shape index (κ2) is 7.23. The number of hydrogen-bond acceptors (Lipinski definition) is 2. The second-order valence-electron chi connectivity index (χ2n) is 6.85. The molecule has 0 radical (unpaired) electrons. The summed E-state index contributed by atoms with van der Waals surface area (Å²) in [5.74, 6) is 0. The Labute approximate surface area is 139 Å². The molecule has 2 aromatic carbocycles. The molecule has 0 saturated carbocycles. The van der Waals surface area contributed by atoms with Gasteiger partial charge in [0, 0.05) is 21.4 Å². The van der Waals surface area contributed by atoms with Crippen LogP contribution in [0.3, 0.4) is 0 Å². The molecule has 0 fully saturated rings. The fraction of sp³-hybridized carbons (Fsp3) is 0.400. The zero-order valence-corrected chi connectivity index (χ0v) is 15.1. The summed E-state index contributed by atoms with van der Waals surface area (Å²) < 4.78 is 0.183. The van der Waals surface area contributed by atoms with Gasteiger partial charge in [-0.3, -0.25) is 0 Å². The van der Waals surface area contributed by atoms with Crippen molar-refractivity contribution < 1.29 is 0 Å². The van der Waals surface area contributed by atoms with E-state index in [0.29, 0.717) is 6.04 Å². The van der Waals surface area contributed by atoms with Crippen molar-refractivity contribution >= 4 is 17.4 Å². The van der Waals surface area contributed by atoms with Gasteiger partial charge in [-0.2, -0.15) is 0 Å². The molecule has 0 aliphatic rings. The molecule has 1 nitrogen and oxygen atoms in total. The fourth-order valence-electron chi connectivity index (χ4n) is 2.51. The molecule has 2 rings (SSSR count). The van der Waals surface area contributed by atoms with Gasteiger partial charge in [-0.1, -0.05) is 43.7 Å². The molecule has 22 heavy (non-hydrogen) atoms. The van der Waals surface area contributed by atoms with E-state index in [0.717, 1.165) is 6.42 Å². The summed E-state index contributed by atoms with van der Waals surface area (Å²) in [5.41, 5.74) is 3.90. The average Bonchev–Trinajstić information content (AvgIpc) is 2.42. The van der Waals surface area contributed by atoms with Crippen molar-refractivity contribution in [1.29, 1.82) is 0 Å². The molecule has 0 amide bonds. The molecule has 0 aliphatic heterocycles. The standard InChI is InChI=1S/C20H27NS/c1-15(2)21-18-10-8-17(9-11-18)14-20(4,5)22-19-12-6-16(3)7-13-19/h6-13,15,21H,14H2,1-5H3. The third-order valence-electron chi connectivity index (χ3n) is 3.45. The van der Waals surface area contributed by atoms with Gasteiger partial charge in [0.05, 0.1) is 0 Å². The minimum atomic E-state index is 0.183. The third kappa shape index (κ3) is 5.42. The Morgan fingerprint density at radius 2 is 1.55 bits per heavy atom. The first kappa shape index (κ1) is 17.0. The Hall–Kier alpha value is -1.41. The lowest BCUT2D eigenvalue weighted by Crippen LogP contribution is -2.18. The Morgan fingerprint density at radius 3 is 2.09 bits per heavy atom. The van der Waals surface area contributed by atoms with Crippen LogP contribution in [-0.4, -0.2) is 10.8 Å². The third-order valence-corrected chi connectivity index (χ3v) is 4.66. The molecule has 0 unspecified atom stereocenters. The monoisotopic (exact) mass is 313 g/mol. The van der Waals surface area contributed by atoms with Crippen LogP contribution in [0.5, 0.6) is 0 Å². The lowest BCUT2D eigenvalue weighted by atomic mass is 10.0. The van der Waals surface area contributed by atoms with E-state index >= 15 is 0 Å². The molecule has 2 heteroatoms. The molecule has 1 N–H and O–H groups in total. The molecule has 118 valence electrons. The van der Waals surface area contributed by atoms with Gasteiger partial charge in [0.25, 0.3) is 0 Å². The van der Waals surface area contributed by atoms with E-state index in [9.17, 15) is 0 Å². The predicted molar refractivity (Wildman–Crippen MR) is 100 cm³/mol. The van der Waals surface area contributed by atoms with Crippen LogP contribution in [0.2, 0.25) is 0 Å². The lowest BCUT2D eigenvalue weighted by molar-refractivity contribution is 0.707. The summed E-state index contributed by atoms with van der Waals surface area (Å²) in [4.78, 5) is 1.34. The highest BCUT2D eigenvalue weighted by molar-refractivity contribution is 8.00. The van der Waals surface area contributed by atoms with Crippen molar-refractivity contribution in [2.75, 3.05) is 5.32 Å². The summed E-state index contributed by atoms with van der Waals surface area (Å²) in [6.07, 6.45) is 1.06. The molecular formula is C20H27NS. The van der Waals surface area contributed by atoms with Crippen molar-refractivity contribution in [3.05, 3.63) is 59.7 Å². The molecule has 0 atom stereocenters. The summed E-state index contributed by atoms with van der Waals surface area (Å²) in [6.45, 7) is 11.1. The predicted octanol–water partition coefficient (Wildman–Crippen LogP) is 5.93. The van der Waals surface area contributed by atoms with Crippen LogP contribution >= 0.6 is 11.8 Å². The number of benzene rings is 2. The molecule has 2 aromatic rings. The first-order valence-electron chi connectivity index (χ1n) is 7.95. The Bertz CT molecular complexity index is 582. The summed E-state index contributed by atoms with van der Waals surface area (Å²) in [6, 6.07) is 18.1. The minimum Gasteiger partial charge on any atom is -0.383 e. The number of rotatable bonds is 6. The molecule has 0 aromatic heterocycles. The second-order valence-corrected chi connectivity index (χ2v) is 8.63. The summed E-state index contributed by atoms with van der Waals surface area (Å²) >= 11 is 1.95. The Kier molecular flexibility index (Phi) is 5.57. The molecule has 0 spiro atoms. The highest BCUT2D eigenvalue weighted by atomic mass is 32.2. The van der Waals surface area contributed by atoms with Crippen molar-refractivity contribution in [1.82, 2.24) is 0 Å². The van der Waals surface area contributed by atoms with Gasteiger partial charge in [0.1, 0.15) is 0 Å². The molecule has 0 saturated heterocycles. The van der Waals surface area contributed by atoms with Crippen molar-refractivity contribution in [2.45, 2.75) is 56.7 Å². The van der Waals surface area contributed by atoms with E-state index in [1.165, 1.54) is 21.7 Å². The summed E-state index contributed by atoms with van der Waals surface area (Å²) in [5, 5.41) is 3.43. The fourth-order valence-corrected chi connectivity index (χ4v) is 3.65. The molecule has 0 heterocycles. The SMILES string of the molecule is Cc1ccc(SC(C)(C)Cc2ccc(NC(C)C)cc2)cc1. The molecule has 0 bridgehead atoms. The number of anilines is 1. The van der Waals surface area contributed by atoms with Crippen LogP contribution in [-0.2, 0) is 6.42 Å². The van der Waals surface area contributed by atoms with Gasteiger partial charge >= 0.3 is 0 Å². The highest BCUT2D eigenvalue weighted by Crippen LogP contribution is 2.35. The van der Waals surface area contributed by atoms with E-state index in [1.807, 2.05) is 11.8 Å². The Morgan fingerprint density at radius 1 is 0.955 bits per heavy atom. The van der Waals surface area contributed by atoms with Gasteiger partial charge in [0.2, 0.25) is 0 Å². The van der Waals surface area contributed by atoms with Gasteiger partial charge in [-0.15, -0.1) is 11.8 Å². The van der Waals surface area contributed by atoms with Gasteiger partial charge in [-0.25, -0.2) is 0 Å². The van der Waals surface area contributed by atoms with Gasteiger partial charge in [-0.05, 0) is 57.0 Å². The van der Waals surface area contributed by atoms with Crippen LogP contribution < -0.4 is 5.32 Å². The summed E-state index contributed by atoms with van der Waals surface area (Å²) in [7, 11) is 0. The van der Waals surface area contributed by atoms with E-state index in [1.54, 1.807) is 0 Å². The zero-order valence-electron chi connectivity index (χ0n) is 14.3. The van der Waals surface area contributed by atoms with Crippen molar-refractivity contribution in [3.8, 4) is 0 Å².